The smallest absolute Gasteiger partial charge is 0.124 e. The van der Waals surface area contributed by atoms with E-state index in [9.17, 15) is 5.11 Å². The van der Waals surface area contributed by atoms with E-state index >= 15 is 0 Å². The summed E-state index contributed by atoms with van der Waals surface area (Å²) in [5.74, 6) is 2.64. The van der Waals surface area contributed by atoms with Gasteiger partial charge in [0.25, 0.3) is 0 Å². The molecule has 3 heteroatoms. The molecule has 1 heterocycles. The van der Waals surface area contributed by atoms with E-state index in [0.29, 0.717) is 0 Å². The van der Waals surface area contributed by atoms with Crippen LogP contribution in [0.3, 0.4) is 0 Å². The van der Waals surface area contributed by atoms with Gasteiger partial charge in [0.15, 0.2) is 0 Å². The van der Waals surface area contributed by atoms with Gasteiger partial charge in [-0.2, -0.15) is 11.8 Å². The molecule has 0 saturated carbocycles. The first kappa shape index (κ1) is 13.8. The van der Waals surface area contributed by atoms with Crippen molar-refractivity contribution in [3.63, 3.8) is 0 Å². The average Bonchev–Trinajstić information content (AvgIpc) is 2.27. The number of hydrogen-bond acceptors (Lipinski definition) is 3. The Balaban J connectivity index is 2.43. The second-order valence-electron chi connectivity index (χ2n) is 6.07. The predicted molar refractivity (Wildman–Crippen MR) is 77.4 cm³/mol. The Labute approximate surface area is 114 Å². The number of ether oxygens (including phenoxy) is 1. The first-order valence-electron chi connectivity index (χ1n) is 6.32. The van der Waals surface area contributed by atoms with Gasteiger partial charge in [0.05, 0.1) is 7.11 Å². The zero-order valence-electron chi connectivity index (χ0n) is 11.6. The van der Waals surface area contributed by atoms with Crippen LogP contribution in [0.2, 0.25) is 0 Å². The summed E-state index contributed by atoms with van der Waals surface area (Å²) in [6.45, 7) is 6.48. The van der Waals surface area contributed by atoms with Crippen molar-refractivity contribution in [2.75, 3.05) is 18.6 Å². The Morgan fingerprint density at radius 2 is 2.00 bits per heavy atom. The molecule has 0 bridgehead atoms. The molecule has 100 valence electrons. The maximum atomic E-state index is 11.0. The maximum absolute atomic E-state index is 11.0. The number of methoxy groups -OCH3 is 1. The topological polar surface area (TPSA) is 29.5 Å². The van der Waals surface area contributed by atoms with Crippen LogP contribution in [0.1, 0.15) is 31.4 Å². The molecule has 0 amide bonds. The van der Waals surface area contributed by atoms with E-state index in [4.69, 9.17) is 4.74 Å². The highest BCUT2D eigenvalue weighted by molar-refractivity contribution is 7.99. The number of benzene rings is 1. The third-order valence-electron chi connectivity index (χ3n) is 3.46. The molecule has 2 rings (SSSR count). The number of hydrogen-bond donors (Lipinski definition) is 1. The number of aliphatic hydroxyl groups is 1. The molecule has 0 radical (unpaired) electrons. The molecule has 1 saturated heterocycles. The van der Waals surface area contributed by atoms with E-state index in [1.54, 1.807) is 7.11 Å². The fourth-order valence-corrected chi connectivity index (χ4v) is 4.10. The summed E-state index contributed by atoms with van der Waals surface area (Å²) in [5, 5.41) is 11.0. The zero-order valence-corrected chi connectivity index (χ0v) is 12.4. The molecule has 0 aromatic heterocycles. The lowest BCUT2D eigenvalue weighted by Gasteiger charge is -2.41. The molecule has 0 spiro atoms. The molecule has 1 fully saturated rings. The lowest BCUT2D eigenvalue weighted by Crippen LogP contribution is -2.40. The first-order chi connectivity index (χ1) is 8.36. The van der Waals surface area contributed by atoms with Gasteiger partial charge in [-0.05, 0) is 36.6 Å². The SMILES string of the molecule is COc1ccc(C)cc1C1(O)CSCC(C)(C)C1. The monoisotopic (exact) mass is 266 g/mol. The molecule has 18 heavy (non-hydrogen) atoms. The van der Waals surface area contributed by atoms with Crippen molar-refractivity contribution in [2.24, 2.45) is 5.41 Å². The Bertz CT molecular complexity index is 442. The zero-order chi connectivity index (χ0) is 13.4. The van der Waals surface area contributed by atoms with Crippen LogP contribution in [-0.2, 0) is 5.60 Å². The minimum atomic E-state index is -0.774. The van der Waals surface area contributed by atoms with Crippen molar-refractivity contribution >= 4 is 11.8 Å². The Kier molecular flexibility index (Phi) is 3.65. The molecule has 1 aromatic carbocycles. The summed E-state index contributed by atoms with van der Waals surface area (Å²) >= 11 is 1.82. The van der Waals surface area contributed by atoms with Crippen molar-refractivity contribution in [2.45, 2.75) is 32.8 Å². The van der Waals surface area contributed by atoms with E-state index in [1.807, 2.05) is 30.8 Å². The molecular weight excluding hydrogens is 244 g/mol. The van der Waals surface area contributed by atoms with Crippen molar-refractivity contribution in [3.05, 3.63) is 29.3 Å². The van der Waals surface area contributed by atoms with Crippen LogP contribution >= 0.6 is 11.8 Å². The van der Waals surface area contributed by atoms with E-state index in [0.717, 1.165) is 34.8 Å². The standard InChI is InChI=1S/C15H22O2S/c1-11-5-6-13(17-4)12(7-11)15(16)8-14(2,3)9-18-10-15/h5-7,16H,8-10H2,1-4H3. The van der Waals surface area contributed by atoms with E-state index in [2.05, 4.69) is 19.9 Å². The van der Waals surface area contributed by atoms with E-state index < -0.39 is 5.60 Å². The Hall–Kier alpha value is -0.670. The predicted octanol–water partition coefficient (Wildman–Crippen LogP) is 3.35. The Morgan fingerprint density at radius 1 is 1.28 bits per heavy atom. The fraction of sp³-hybridized carbons (Fsp3) is 0.600. The fourth-order valence-electron chi connectivity index (χ4n) is 2.75. The Morgan fingerprint density at radius 3 is 2.61 bits per heavy atom. The molecule has 1 unspecified atom stereocenters. The molecule has 2 nitrogen and oxygen atoms in total. The lowest BCUT2D eigenvalue weighted by molar-refractivity contribution is 0.0136. The van der Waals surface area contributed by atoms with E-state index in [-0.39, 0.29) is 5.41 Å². The van der Waals surface area contributed by atoms with Crippen LogP contribution < -0.4 is 4.74 Å². The van der Waals surface area contributed by atoms with Gasteiger partial charge in [-0.15, -0.1) is 0 Å². The molecular formula is C15H22O2S. The van der Waals surface area contributed by atoms with Gasteiger partial charge in [-0.1, -0.05) is 25.5 Å². The minimum absolute atomic E-state index is 0.159. The van der Waals surface area contributed by atoms with Crippen LogP contribution in [0.25, 0.3) is 0 Å². The third kappa shape index (κ3) is 2.67. The van der Waals surface area contributed by atoms with Gasteiger partial charge in [-0.25, -0.2) is 0 Å². The first-order valence-corrected chi connectivity index (χ1v) is 7.47. The highest BCUT2D eigenvalue weighted by atomic mass is 32.2. The molecule has 1 N–H and O–H groups in total. The number of thioether (sulfide) groups is 1. The van der Waals surface area contributed by atoms with Crippen molar-refractivity contribution in [3.8, 4) is 5.75 Å². The summed E-state index contributed by atoms with van der Waals surface area (Å²) in [6.07, 6.45) is 0.785. The average molecular weight is 266 g/mol. The van der Waals surface area contributed by atoms with Crippen LogP contribution in [0, 0.1) is 12.3 Å². The molecule has 1 aromatic rings. The number of aryl methyl sites for hydroxylation is 1. The van der Waals surface area contributed by atoms with Crippen LogP contribution in [-0.4, -0.2) is 23.7 Å². The quantitative estimate of drug-likeness (QED) is 0.890. The lowest BCUT2D eigenvalue weighted by atomic mass is 9.78. The maximum Gasteiger partial charge on any atom is 0.124 e. The van der Waals surface area contributed by atoms with Gasteiger partial charge in [0.2, 0.25) is 0 Å². The van der Waals surface area contributed by atoms with Gasteiger partial charge in [-0.3, -0.25) is 0 Å². The second kappa shape index (κ2) is 4.78. The van der Waals surface area contributed by atoms with Gasteiger partial charge in [0.1, 0.15) is 11.4 Å². The normalized spacial score (nSPS) is 26.9. The third-order valence-corrected chi connectivity index (χ3v) is 5.13. The highest BCUT2D eigenvalue weighted by Gasteiger charge is 2.41. The van der Waals surface area contributed by atoms with Crippen molar-refractivity contribution in [1.82, 2.24) is 0 Å². The highest BCUT2D eigenvalue weighted by Crippen LogP contribution is 2.46. The molecule has 1 atom stereocenters. The van der Waals surface area contributed by atoms with Gasteiger partial charge < -0.3 is 9.84 Å². The van der Waals surface area contributed by atoms with Gasteiger partial charge in [0, 0.05) is 11.3 Å². The summed E-state index contributed by atoms with van der Waals surface area (Å²) < 4.78 is 5.42. The molecule has 1 aliphatic rings. The van der Waals surface area contributed by atoms with Crippen LogP contribution in [0.4, 0.5) is 0 Å². The van der Waals surface area contributed by atoms with Crippen molar-refractivity contribution in [1.29, 1.82) is 0 Å². The van der Waals surface area contributed by atoms with E-state index in [1.165, 1.54) is 0 Å². The summed E-state index contributed by atoms with van der Waals surface area (Å²) in [5.41, 5.74) is 1.48. The summed E-state index contributed by atoms with van der Waals surface area (Å²) in [6, 6.07) is 6.03. The molecule has 1 aliphatic heterocycles. The molecule has 0 aliphatic carbocycles. The van der Waals surface area contributed by atoms with Crippen molar-refractivity contribution < 1.29 is 9.84 Å². The minimum Gasteiger partial charge on any atom is -0.496 e. The van der Waals surface area contributed by atoms with Crippen LogP contribution in [0.15, 0.2) is 18.2 Å². The van der Waals surface area contributed by atoms with Gasteiger partial charge >= 0.3 is 0 Å². The van der Waals surface area contributed by atoms with Crippen LogP contribution in [0.5, 0.6) is 5.75 Å². The largest absolute Gasteiger partial charge is 0.496 e. The summed E-state index contributed by atoms with van der Waals surface area (Å²) in [4.78, 5) is 0. The second-order valence-corrected chi connectivity index (χ2v) is 7.05. The summed E-state index contributed by atoms with van der Waals surface area (Å²) in [7, 11) is 1.67. The number of rotatable bonds is 2.